The van der Waals surface area contributed by atoms with Crippen molar-refractivity contribution in [2.24, 2.45) is 28.2 Å². The Labute approximate surface area is 462 Å². The van der Waals surface area contributed by atoms with E-state index >= 15 is 0 Å². The first-order chi connectivity index (χ1) is 36.9. The van der Waals surface area contributed by atoms with Crippen LogP contribution in [0.5, 0.6) is 0 Å². The van der Waals surface area contributed by atoms with E-state index < -0.39 is 5.60 Å². The molecule has 5 atom stereocenters. The van der Waals surface area contributed by atoms with Gasteiger partial charge < -0.3 is 29.5 Å². The first-order valence-corrected chi connectivity index (χ1v) is 27.8. The molecule has 0 aliphatic carbocycles. The number of piperidine rings is 2. The standard InChI is InChI=1S/C31H38Cl2N8O4.C21H22Cl2N8O/c1-31(2,3)45-30(43)39-15-17-9-8-10-18(16-39)40(17)29-34-27-23(28(42)37(29)4)25(36-41(27)21-11-6-7-14-44-21)19-12-13-20-22(24(19)32)26(33)38(5)35-20;1-29-20(32)15-17(12-6-7-13-14(16(12)22)18(23)30(2)28-13)26-27-19(15)25-21(29)31-10-4-3-5-11(31)9-24-8-10/h12-13,17-18,21H,6-11,14-16H2,1-5H3;6-7,10-11,24H,3-5,8-9H2,1-2H3,(H,26,27). The molecule has 5 fully saturated rings. The van der Waals surface area contributed by atoms with Gasteiger partial charge in [-0.2, -0.15) is 30.4 Å². The summed E-state index contributed by atoms with van der Waals surface area (Å²) in [5.41, 5.74) is 3.41. The second-order valence-corrected chi connectivity index (χ2v) is 23.4. The van der Waals surface area contributed by atoms with E-state index in [-0.39, 0.29) is 35.5 Å². The predicted octanol–water partition coefficient (Wildman–Crippen LogP) is 8.52. The number of hydrogen-bond acceptors (Lipinski definition) is 14. The van der Waals surface area contributed by atoms with Crippen molar-refractivity contribution in [3.8, 4) is 22.5 Å². The molecule has 77 heavy (non-hydrogen) atoms. The number of aromatic nitrogens is 12. The van der Waals surface area contributed by atoms with Crippen LogP contribution < -0.4 is 26.2 Å². The van der Waals surface area contributed by atoms with Crippen LogP contribution in [0.3, 0.4) is 0 Å². The van der Waals surface area contributed by atoms with Crippen molar-refractivity contribution in [3.05, 3.63) is 65.3 Å². The molecule has 25 heteroatoms. The summed E-state index contributed by atoms with van der Waals surface area (Å²) in [5.74, 6) is 1.24. The van der Waals surface area contributed by atoms with Gasteiger partial charge in [0.05, 0.1) is 37.5 Å². The zero-order valence-corrected chi connectivity index (χ0v) is 46.9. The van der Waals surface area contributed by atoms with Crippen LogP contribution in [-0.2, 0) is 37.7 Å². The molecule has 2 N–H and O–H groups in total. The summed E-state index contributed by atoms with van der Waals surface area (Å²) in [6.45, 7) is 9.03. The highest BCUT2D eigenvalue weighted by molar-refractivity contribution is 6.44. The fourth-order valence-corrected chi connectivity index (χ4v) is 13.4. The van der Waals surface area contributed by atoms with Gasteiger partial charge in [0, 0.05) is 96.3 Å². The largest absolute Gasteiger partial charge is 0.444 e. The van der Waals surface area contributed by atoms with E-state index in [4.69, 9.17) is 70.9 Å². The molecule has 0 spiro atoms. The average Bonchev–Trinajstić information content (AvgIpc) is 4.19. The number of hydrogen-bond donors (Lipinski definition) is 2. The summed E-state index contributed by atoms with van der Waals surface area (Å²) in [4.78, 5) is 57.4. The van der Waals surface area contributed by atoms with E-state index in [0.29, 0.717) is 130 Å². The maximum atomic E-state index is 14.4. The van der Waals surface area contributed by atoms with Gasteiger partial charge in [0.1, 0.15) is 32.4 Å². The molecule has 5 unspecified atom stereocenters. The van der Waals surface area contributed by atoms with E-state index in [1.165, 1.54) is 6.42 Å². The van der Waals surface area contributed by atoms with Gasteiger partial charge in [0.25, 0.3) is 11.1 Å². The van der Waals surface area contributed by atoms with E-state index in [9.17, 15) is 14.4 Å². The number of ether oxygens (including phenoxy) is 2. The number of rotatable bonds is 5. The molecule has 406 valence electrons. The number of anilines is 2. The second-order valence-electron chi connectivity index (χ2n) is 22.0. The lowest BCUT2D eigenvalue weighted by atomic mass is 9.91. The van der Waals surface area contributed by atoms with Crippen molar-refractivity contribution in [2.45, 2.75) is 115 Å². The van der Waals surface area contributed by atoms with Gasteiger partial charge in [-0.25, -0.2) is 9.48 Å². The molecule has 0 radical (unpaired) electrons. The maximum Gasteiger partial charge on any atom is 0.410 e. The van der Waals surface area contributed by atoms with Gasteiger partial charge >= 0.3 is 6.09 Å². The first-order valence-electron chi connectivity index (χ1n) is 26.3. The van der Waals surface area contributed by atoms with E-state index in [2.05, 4.69) is 35.5 Å². The summed E-state index contributed by atoms with van der Waals surface area (Å²) < 4.78 is 20.0. The minimum atomic E-state index is -0.576. The van der Waals surface area contributed by atoms with Crippen LogP contribution in [0.25, 0.3) is 66.4 Å². The molecule has 11 heterocycles. The highest BCUT2D eigenvalue weighted by Gasteiger charge is 2.43. The Kier molecular flexibility index (Phi) is 13.3. The van der Waals surface area contributed by atoms with Crippen molar-refractivity contribution in [1.82, 2.24) is 68.9 Å². The highest BCUT2D eigenvalue weighted by Crippen LogP contribution is 2.43. The lowest BCUT2D eigenvalue weighted by Crippen LogP contribution is -2.63. The number of nitrogens with zero attached hydrogens (tertiary/aromatic N) is 14. The second kappa shape index (κ2) is 19.7. The van der Waals surface area contributed by atoms with Crippen LogP contribution >= 0.6 is 46.4 Å². The summed E-state index contributed by atoms with van der Waals surface area (Å²) >= 11 is 26.7. The molecule has 0 saturated carbocycles. The number of H-pyrrole nitrogens is 1. The number of aryl methyl sites for hydroxylation is 2. The number of nitrogens with one attached hydrogen (secondary N) is 2. The number of carbonyl (C=O) groups is 1. The molecule has 2 aromatic carbocycles. The van der Waals surface area contributed by atoms with E-state index in [1.54, 1.807) is 56.3 Å². The maximum absolute atomic E-state index is 14.4. The number of fused-ring (bicyclic) bond motifs is 8. The minimum absolute atomic E-state index is 0.00749. The van der Waals surface area contributed by atoms with Crippen molar-refractivity contribution in [1.29, 1.82) is 0 Å². The minimum Gasteiger partial charge on any atom is -0.444 e. The molecule has 8 aromatic rings. The normalized spacial score (nSPS) is 21.9. The molecule has 5 aliphatic heterocycles. The molecule has 1 amide bonds. The number of halogens is 4. The van der Waals surface area contributed by atoms with Crippen molar-refractivity contribution in [2.75, 3.05) is 42.6 Å². The third kappa shape index (κ3) is 8.79. The number of amides is 1. The van der Waals surface area contributed by atoms with Gasteiger partial charge in [0.15, 0.2) is 17.5 Å². The average molecular weight is 1130 g/mol. The number of benzene rings is 2. The van der Waals surface area contributed by atoms with Gasteiger partial charge in [-0.15, -0.1) is 0 Å². The van der Waals surface area contributed by atoms with Crippen LogP contribution in [0.15, 0.2) is 33.9 Å². The Morgan fingerprint density at radius 3 is 1.83 bits per heavy atom. The molecular formula is C52H60Cl4N16O5. The number of carbonyl (C=O) groups excluding carboxylic acids is 1. The van der Waals surface area contributed by atoms with Crippen molar-refractivity contribution < 1.29 is 14.3 Å². The summed E-state index contributed by atoms with van der Waals surface area (Å²) in [6, 6.07) is 7.98. The topological polar surface area (TPSA) is 209 Å². The summed E-state index contributed by atoms with van der Waals surface area (Å²) in [6.07, 6.45) is 8.20. The summed E-state index contributed by atoms with van der Waals surface area (Å²) in [5, 5.41) is 28.4. The molecule has 21 nitrogen and oxygen atoms in total. The van der Waals surface area contributed by atoms with Crippen LogP contribution in [-0.4, -0.2) is 132 Å². The number of aromatic amines is 1. The van der Waals surface area contributed by atoms with Crippen LogP contribution in [0, 0.1) is 0 Å². The third-order valence-corrected chi connectivity index (χ3v) is 17.5. The molecule has 4 bridgehead atoms. The monoisotopic (exact) mass is 1130 g/mol. The Balaban J connectivity index is 0.000000164. The van der Waals surface area contributed by atoms with Crippen LogP contribution in [0.2, 0.25) is 20.4 Å². The van der Waals surface area contributed by atoms with Gasteiger partial charge in [-0.1, -0.05) is 46.4 Å². The zero-order valence-electron chi connectivity index (χ0n) is 43.9. The van der Waals surface area contributed by atoms with E-state index in [1.807, 2.05) is 45.0 Å². The Bertz CT molecular complexity index is 3760. The van der Waals surface area contributed by atoms with Gasteiger partial charge in [-0.3, -0.25) is 33.2 Å². The zero-order chi connectivity index (χ0) is 53.9. The molecule has 5 saturated heterocycles. The number of piperazine rings is 2. The Morgan fingerprint density at radius 2 is 1.23 bits per heavy atom. The highest BCUT2D eigenvalue weighted by atomic mass is 35.5. The van der Waals surface area contributed by atoms with Crippen LogP contribution in [0.4, 0.5) is 16.7 Å². The Hall–Kier alpha value is -5.97. The van der Waals surface area contributed by atoms with Gasteiger partial charge in [0.2, 0.25) is 11.9 Å². The fourth-order valence-electron chi connectivity index (χ4n) is 12.2. The molecule has 6 aromatic heterocycles. The van der Waals surface area contributed by atoms with Crippen LogP contribution in [0.1, 0.15) is 84.8 Å². The SMILES string of the molecule is Cn1nc2ccc(-c3[nH]nc4nc(N5C6CCCC5CNC6)n(C)c(=O)c34)c(Cl)c2c1Cl.Cn1nc2ccc(-c3nn(C4CCCCO4)c4nc(N5C6CCCC5CN(C(=O)OC(C)(C)C)C6)n(C)c(=O)c34)c(Cl)c2c1Cl. The lowest BCUT2D eigenvalue weighted by Gasteiger charge is -2.50. The lowest BCUT2D eigenvalue weighted by molar-refractivity contribution is -0.0368. The quantitative estimate of drug-likeness (QED) is 0.166. The third-order valence-electron chi connectivity index (χ3n) is 15.8. The van der Waals surface area contributed by atoms with Crippen molar-refractivity contribution >= 4 is 108 Å². The Morgan fingerprint density at radius 1 is 0.675 bits per heavy atom. The number of likely N-dealkylation sites (tertiary alicyclic amines) is 1. The summed E-state index contributed by atoms with van der Waals surface area (Å²) in [7, 11) is 7.05. The predicted molar refractivity (Wildman–Crippen MR) is 299 cm³/mol. The fraction of sp³-hybridized carbons (Fsp3) is 0.519. The van der Waals surface area contributed by atoms with Crippen molar-refractivity contribution in [3.63, 3.8) is 0 Å². The van der Waals surface area contributed by atoms with E-state index in [0.717, 1.165) is 64.5 Å². The first kappa shape index (κ1) is 51.8. The van der Waals surface area contributed by atoms with Gasteiger partial charge in [-0.05, 0) is 103 Å². The smallest absolute Gasteiger partial charge is 0.410 e. The molecule has 5 aliphatic rings. The molecular weight excluding hydrogens is 1070 g/mol. The molecule has 13 rings (SSSR count).